The molecule has 6 heteroatoms. The molecular formula is C16H12Cl2N2O2. The van der Waals surface area contributed by atoms with Gasteiger partial charge in [0, 0.05) is 15.4 Å². The number of rotatable bonds is 3. The van der Waals surface area contributed by atoms with Gasteiger partial charge < -0.3 is 5.11 Å². The number of carboxylic acid groups (broad SMARTS) is 1. The first kappa shape index (κ1) is 14.9. The largest absolute Gasteiger partial charge is 0.476 e. The van der Waals surface area contributed by atoms with Crippen molar-refractivity contribution in [3.63, 3.8) is 0 Å². The molecule has 4 nitrogen and oxygen atoms in total. The second-order valence-electron chi connectivity index (χ2n) is 5.07. The molecule has 0 fully saturated rings. The maximum Gasteiger partial charge on any atom is 0.357 e. The first-order chi connectivity index (χ1) is 10.5. The van der Waals surface area contributed by atoms with Crippen LogP contribution in [0.5, 0.6) is 0 Å². The fourth-order valence-electron chi connectivity index (χ4n) is 2.38. The van der Waals surface area contributed by atoms with Crippen molar-refractivity contribution < 1.29 is 9.90 Å². The first-order valence-corrected chi connectivity index (χ1v) is 7.35. The minimum Gasteiger partial charge on any atom is -0.476 e. The van der Waals surface area contributed by atoms with E-state index in [1.54, 1.807) is 16.8 Å². The lowest BCUT2D eigenvalue weighted by Gasteiger charge is -2.06. The number of nitrogens with zero attached hydrogens (tertiary/aromatic N) is 2. The van der Waals surface area contributed by atoms with Gasteiger partial charge in [-0.3, -0.25) is 4.68 Å². The highest BCUT2D eigenvalue weighted by molar-refractivity contribution is 6.35. The van der Waals surface area contributed by atoms with Crippen molar-refractivity contribution >= 4 is 40.1 Å². The molecule has 0 saturated heterocycles. The number of fused-ring (bicyclic) bond motifs is 1. The normalized spacial score (nSPS) is 11.0. The Morgan fingerprint density at radius 3 is 2.68 bits per heavy atom. The van der Waals surface area contributed by atoms with Gasteiger partial charge in [-0.25, -0.2) is 4.79 Å². The topological polar surface area (TPSA) is 55.1 Å². The molecule has 0 atom stereocenters. The number of hydrogen-bond donors (Lipinski definition) is 1. The van der Waals surface area contributed by atoms with Gasteiger partial charge in [-0.1, -0.05) is 40.9 Å². The van der Waals surface area contributed by atoms with E-state index in [2.05, 4.69) is 5.10 Å². The molecule has 0 amide bonds. The molecule has 0 unspecified atom stereocenters. The molecular weight excluding hydrogens is 323 g/mol. The second-order valence-corrected chi connectivity index (χ2v) is 5.91. The molecule has 0 aliphatic carbocycles. The number of benzene rings is 2. The third-order valence-corrected chi connectivity index (χ3v) is 4.03. The van der Waals surface area contributed by atoms with Gasteiger partial charge in [-0.2, -0.15) is 5.10 Å². The first-order valence-electron chi connectivity index (χ1n) is 6.60. The molecule has 0 saturated carbocycles. The Morgan fingerprint density at radius 1 is 1.23 bits per heavy atom. The summed E-state index contributed by atoms with van der Waals surface area (Å²) in [5, 5.41) is 15.2. The predicted octanol–water partition coefficient (Wildman–Crippen LogP) is 4.40. The number of aryl methyl sites for hydroxylation is 1. The number of carbonyl (C=O) groups is 1. The van der Waals surface area contributed by atoms with E-state index in [0.717, 1.165) is 16.6 Å². The van der Waals surface area contributed by atoms with Crippen LogP contribution in [0, 0.1) is 6.92 Å². The van der Waals surface area contributed by atoms with Crippen LogP contribution in [-0.4, -0.2) is 20.9 Å². The van der Waals surface area contributed by atoms with Gasteiger partial charge in [-0.05, 0) is 36.8 Å². The summed E-state index contributed by atoms with van der Waals surface area (Å²) in [6.45, 7) is 2.29. The standard InChI is InChI=1S/C16H12Cl2N2O2/c1-9-2-5-14-12(6-9)15(16(21)22)19-20(14)8-10-3-4-11(17)7-13(10)18/h2-7H,8H2,1H3,(H,21,22). The van der Waals surface area contributed by atoms with Crippen molar-refractivity contribution in [2.24, 2.45) is 0 Å². The summed E-state index contributed by atoms with van der Waals surface area (Å²) in [4.78, 5) is 11.4. The summed E-state index contributed by atoms with van der Waals surface area (Å²) in [6.07, 6.45) is 0. The molecule has 2 aromatic carbocycles. The number of aromatic carboxylic acids is 1. The van der Waals surface area contributed by atoms with Gasteiger partial charge in [0.2, 0.25) is 0 Å². The van der Waals surface area contributed by atoms with Crippen LogP contribution in [-0.2, 0) is 6.54 Å². The molecule has 0 bridgehead atoms. The van der Waals surface area contributed by atoms with Crippen LogP contribution >= 0.6 is 23.2 Å². The molecule has 1 N–H and O–H groups in total. The van der Waals surface area contributed by atoms with E-state index in [4.69, 9.17) is 23.2 Å². The van der Waals surface area contributed by atoms with Crippen molar-refractivity contribution in [1.82, 2.24) is 9.78 Å². The zero-order valence-corrected chi connectivity index (χ0v) is 13.2. The van der Waals surface area contributed by atoms with Crippen LogP contribution in [0.15, 0.2) is 36.4 Å². The lowest BCUT2D eigenvalue weighted by atomic mass is 10.1. The molecule has 3 aromatic rings. The predicted molar refractivity (Wildman–Crippen MR) is 87.0 cm³/mol. The van der Waals surface area contributed by atoms with Crippen molar-refractivity contribution in [2.75, 3.05) is 0 Å². The zero-order valence-electron chi connectivity index (χ0n) is 11.7. The molecule has 22 heavy (non-hydrogen) atoms. The SMILES string of the molecule is Cc1ccc2c(c1)c(C(=O)O)nn2Cc1ccc(Cl)cc1Cl. The molecule has 0 aliphatic heterocycles. The average Bonchev–Trinajstić information content (AvgIpc) is 2.80. The van der Waals surface area contributed by atoms with Gasteiger partial charge in [0.15, 0.2) is 5.69 Å². The Kier molecular flexibility index (Phi) is 3.81. The van der Waals surface area contributed by atoms with E-state index < -0.39 is 5.97 Å². The molecule has 1 heterocycles. The fraction of sp³-hybridized carbons (Fsp3) is 0.125. The lowest BCUT2D eigenvalue weighted by molar-refractivity contribution is 0.0691. The summed E-state index contributed by atoms with van der Waals surface area (Å²) in [5.41, 5.74) is 2.62. The van der Waals surface area contributed by atoms with Crippen LogP contribution in [0.1, 0.15) is 21.6 Å². The van der Waals surface area contributed by atoms with E-state index in [0.29, 0.717) is 22.0 Å². The monoisotopic (exact) mass is 334 g/mol. The summed E-state index contributed by atoms with van der Waals surface area (Å²) in [5.74, 6) is -1.04. The summed E-state index contributed by atoms with van der Waals surface area (Å²) in [6, 6.07) is 10.8. The van der Waals surface area contributed by atoms with Gasteiger partial charge in [0.05, 0.1) is 12.1 Å². The maximum atomic E-state index is 11.4. The van der Waals surface area contributed by atoms with Crippen LogP contribution in [0.25, 0.3) is 10.9 Å². The van der Waals surface area contributed by atoms with Crippen LogP contribution in [0.2, 0.25) is 10.0 Å². The highest BCUT2D eigenvalue weighted by Gasteiger charge is 2.17. The summed E-state index contributed by atoms with van der Waals surface area (Å²) in [7, 11) is 0. The zero-order chi connectivity index (χ0) is 15.9. The van der Waals surface area contributed by atoms with E-state index in [1.165, 1.54) is 0 Å². The van der Waals surface area contributed by atoms with E-state index in [-0.39, 0.29) is 5.69 Å². The van der Waals surface area contributed by atoms with E-state index in [1.807, 2.05) is 31.2 Å². The molecule has 0 spiro atoms. The van der Waals surface area contributed by atoms with Crippen molar-refractivity contribution in [3.8, 4) is 0 Å². The molecule has 1 aromatic heterocycles. The van der Waals surface area contributed by atoms with E-state index >= 15 is 0 Å². The highest BCUT2D eigenvalue weighted by atomic mass is 35.5. The maximum absolute atomic E-state index is 11.4. The number of carboxylic acids is 1. The Morgan fingerprint density at radius 2 is 2.00 bits per heavy atom. The number of aromatic nitrogens is 2. The number of hydrogen-bond acceptors (Lipinski definition) is 2. The van der Waals surface area contributed by atoms with Gasteiger partial charge in [0.25, 0.3) is 0 Å². The lowest BCUT2D eigenvalue weighted by Crippen LogP contribution is -2.05. The Balaban J connectivity index is 2.13. The molecule has 3 rings (SSSR count). The minimum absolute atomic E-state index is 0.0452. The quantitative estimate of drug-likeness (QED) is 0.772. The average molecular weight is 335 g/mol. The second kappa shape index (κ2) is 5.63. The third kappa shape index (κ3) is 2.67. The summed E-state index contributed by atoms with van der Waals surface area (Å²) >= 11 is 12.1. The van der Waals surface area contributed by atoms with Gasteiger partial charge in [0.1, 0.15) is 0 Å². The van der Waals surface area contributed by atoms with Crippen LogP contribution < -0.4 is 0 Å². The Hall–Kier alpha value is -2.04. The minimum atomic E-state index is -1.04. The van der Waals surface area contributed by atoms with Crippen molar-refractivity contribution in [2.45, 2.75) is 13.5 Å². The highest BCUT2D eigenvalue weighted by Crippen LogP contribution is 2.25. The van der Waals surface area contributed by atoms with E-state index in [9.17, 15) is 9.90 Å². The Labute approximate surface area is 136 Å². The van der Waals surface area contributed by atoms with Crippen LogP contribution in [0.3, 0.4) is 0 Å². The molecule has 0 radical (unpaired) electrons. The fourth-order valence-corrected chi connectivity index (χ4v) is 2.85. The smallest absolute Gasteiger partial charge is 0.357 e. The molecule has 0 aliphatic rings. The van der Waals surface area contributed by atoms with Crippen molar-refractivity contribution in [3.05, 3.63) is 63.3 Å². The van der Waals surface area contributed by atoms with Crippen LogP contribution in [0.4, 0.5) is 0 Å². The molecule has 112 valence electrons. The van der Waals surface area contributed by atoms with Gasteiger partial charge in [-0.15, -0.1) is 0 Å². The third-order valence-electron chi connectivity index (χ3n) is 3.44. The summed E-state index contributed by atoms with van der Waals surface area (Å²) < 4.78 is 1.65. The van der Waals surface area contributed by atoms with Gasteiger partial charge >= 0.3 is 5.97 Å². The van der Waals surface area contributed by atoms with Crippen molar-refractivity contribution in [1.29, 1.82) is 0 Å². The number of halogens is 2. The Bertz CT molecular complexity index is 887.